The molecule has 0 atom stereocenters. The van der Waals surface area contributed by atoms with Crippen LogP contribution in [0.3, 0.4) is 0 Å². The lowest BCUT2D eigenvalue weighted by atomic mass is 10.4. The molecule has 6 heteroatoms. The highest BCUT2D eigenvalue weighted by Gasteiger charge is 2.09. The number of rotatable bonds is 3. The number of anilines is 1. The monoisotopic (exact) mass is 233 g/mol. The van der Waals surface area contributed by atoms with Crippen LogP contribution in [0.1, 0.15) is 11.3 Å². The smallest absolute Gasteiger partial charge is 0.229 e. The van der Waals surface area contributed by atoms with E-state index in [1.807, 2.05) is 27.0 Å². The number of aromatic nitrogens is 4. The molecule has 2 aromatic heterocycles. The minimum absolute atomic E-state index is 0.532. The average molecular weight is 233 g/mol. The first-order valence-electron chi connectivity index (χ1n) is 5.30. The molecule has 0 aliphatic carbocycles. The van der Waals surface area contributed by atoms with Crippen LogP contribution in [0.2, 0.25) is 0 Å². The van der Waals surface area contributed by atoms with Gasteiger partial charge in [0, 0.05) is 31.9 Å². The van der Waals surface area contributed by atoms with Crippen molar-refractivity contribution >= 4 is 5.95 Å². The Hall–Kier alpha value is -2.11. The van der Waals surface area contributed by atoms with E-state index in [0.29, 0.717) is 17.7 Å². The number of ether oxygens (including phenoxy) is 1. The van der Waals surface area contributed by atoms with Crippen LogP contribution >= 0.6 is 0 Å². The maximum atomic E-state index is 5.71. The predicted molar refractivity (Wildman–Crippen MR) is 64.3 cm³/mol. The Morgan fingerprint density at radius 1 is 1.35 bits per heavy atom. The van der Waals surface area contributed by atoms with Gasteiger partial charge >= 0.3 is 0 Å². The Bertz CT molecular complexity index is 535. The lowest BCUT2D eigenvalue weighted by Crippen LogP contribution is -2.01. The lowest BCUT2D eigenvalue weighted by molar-refractivity contribution is 0.412. The third-order valence-corrected chi connectivity index (χ3v) is 2.31. The van der Waals surface area contributed by atoms with Gasteiger partial charge in [0.25, 0.3) is 0 Å². The summed E-state index contributed by atoms with van der Waals surface area (Å²) in [4.78, 5) is 8.35. The Morgan fingerprint density at radius 3 is 2.71 bits per heavy atom. The molecule has 2 aromatic rings. The molecule has 0 saturated heterocycles. The van der Waals surface area contributed by atoms with Gasteiger partial charge in [-0.05, 0) is 13.8 Å². The fourth-order valence-corrected chi connectivity index (χ4v) is 1.43. The molecule has 0 bridgehead atoms. The minimum Gasteiger partial charge on any atom is -0.421 e. The van der Waals surface area contributed by atoms with Crippen molar-refractivity contribution in [2.45, 2.75) is 13.8 Å². The van der Waals surface area contributed by atoms with Gasteiger partial charge in [0.1, 0.15) is 0 Å². The summed E-state index contributed by atoms with van der Waals surface area (Å²) >= 11 is 0. The molecule has 0 saturated carbocycles. The van der Waals surface area contributed by atoms with Crippen molar-refractivity contribution in [3.8, 4) is 11.8 Å². The molecule has 0 aromatic carbocycles. The molecule has 0 radical (unpaired) electrons. The Balaban J connectivity index is 2.32. The molecule has 90 valence electrons. The van der Waals surface area contributed by atoms with E-state index in [0.717, 1.165) is 11.3 Å². The second-order valence-corrected chi connectivity index (χ2v) is 3.78. The third kappa shape index (κ3) is 2.35. The summed E-state index contributed by atoms with van der Waals surface area (Å²) in [7, 11) is 3.60. The van der Waals surface area contributed by atoms with Crippen LogP contribution in [0.5, 0.6) is 11.8 Å². The van der Waals surface area contributed by atoms with Gasteiger partial charge in [-0.25, -0.2) is 9.67 Å². The zero-order chi connectivity index (χ0) is 12.4. The largest absolute Gasteiger partial charge is 0.421 e. The molecule has 0 unspecified atom stereocenters. The molecular weight excluding hydrogens is 218 g/mol. The first-order chi connectivity index (χ1) is 8.10. The van der Waals surface area contributed by atoms with Gasteiger partial charge in [0.05, 0.1) is 5.69 Å². The van der Waals surface area contributed by atoms with Gasteiger partial charge in [-0.2, -0.15) is 10.1 Å². The van der Waals surface area contributed by atoms with Gasteiger partial charge < -0.3 is 10.1 Å². The van der Waals surface area contributed by atoms with Crippen LogP contribution in [0.25, 0.3) is 0 Å². The van der Waals surface area contributed by atoms with E-state index in [4.69, 9.17) is 4.74 Å². The fraction of sp³-hybridized carbons (Fsp3) is 0.364. The third-order valence-electron chi connectivity index (χ3n) is 2.31. The van der Waals surface area contributed by atoms with Crippen molar-refractivity contribution in [2.75, 3.05) is 12.4 Å². The van der Waals surface area contributed by atoms with Crippen molar-refractivity contribution in [3.63, 3.8) is 0 Å². The summed E-state index contributed by atoms with van der Waals surface area (Å²) in [6.45, 7) is 3.82. The molecule has 17 heavy (non-hydrogen) atoms. The molecule has 2 heterocycles. The Labute approximate surface area is 99.7 Å². The van der Waals surface area contributed by atoms with Crippen molar-refractivity contribution < 1.29 is 4.74 Å². The highest BCUT2D eigenvalue weighted by Crippen LogP contribution is 2.23. The number of hydrogen-bond acceptors (Lipinski definition) is 5. The summed E-state index contributed by atoms with van der Waals surface area (Å²) in [6, 6.07) is 1.86. The lowest BCUT2D eigenvalue weighted by Gasteiger charge is -2.08. The van der Waals surface area contributed by atoms with Gasteiger partial charge in [-0.3, -0.25) is 0 Å². The molecule has 0 aliphatic rings. The first-order valence-corrected chi connectivity index (χ1v) is 5.30. The zero-order valence-corrected chi connectivity index (χ0v) is 10.4. The second-order valence-electron chi connectivity index (χ2n) is 3.78. The molecular formula is C11H15N5O. The Kier molecular flexibility index (Phi) is 2.95. The summed E-state index contributed by atoms with van der Waals surface area (Å²) in [6.07, 6.45) is 1.72. The molecule has 2 rings (SSSR count). The zero-order valence-electron chi connectivity index (χ0n) is 10.4. The summed E-state index contributed by atoms with van der Waals surface area (Å²) in [5.41, 5.74) is 1.78. The fourth-order valence-electron chi connectivity index (χ4n) is 1.43. The summed E-state index contributed by atoms with van der Waals surface area (Å²) in [5, 5.41) is 7.09. The predicted octanol–water partition coefficient (Wildman–Crippen LogP) is 1.66. The van der Waals surface area contributed by atoms with E-state index in [2.05, 4.69) is 20.4 Å². The number of aryl methyl sites for hydroxylation is 3. The normalized spacial score (nSPS) is 10.4. The number of hydrogen-bond donors (Lipinski definition) is 1. The van der Waals surface area contributed by atoms with E-state index in [-0.39, 0.29) is 0 Å². The molecule has 1 N–H and O–H groups in total. The summed E-state index contributed by atoms with van der Waals surface area (Å²) in [5.74, 6) is 1.73. The van der Waals surface area contributed by atoms with Crippen molar-refractivity contribution in [2.24, 2.45) is 7.05 Å². The van der Waals surface area contributed by atoms with E-state index in [1.54, 1.807) is 17.9 Å². The van der Waals surface area contributed by atoms with E-state index >= 15 is 0 Å². The second kappa shape index (κ2) is 4.40. The molecule has 0 aliphatic heterocycles. The van der Waals surface area contributed by atoms with Gasteiger partial charge in [-0.15, -0.1) is 0 Å². The van der Waals surface area contributed by atoms with Crippen LogP contribution in [-0.4, -0.2) is 26.8 Å². The molecule has 6 nitrogen and oxygen atoms in total. The first kappa shape index (κ1) is 11.4. The van der Waals surface area contributed by atoms with E-state index in [1.165, 1.54) is 0 Å². The topological polar surface area (TPSA) is 64.9 Å². The van der Waals surface area contributed by atoms with Crippen LogP contribution in [0, 0.1) is 13.8 Å². The number of nitrogens with one attached hydrogen (secondary N) is 1. The van der Waals surface area contributed by atoms with Crippen LogP contribution in [0.15, 0.2) is 12.3 Å². The van der Waals surface area contributed by atoms with Gasteiger partial charge in [-0.1, -0.05) is 0 Å². The highest BCUT2D eigenvalue weighted by molar-refractivity contribution is 5.34. The van der Waals surface area contributed by atoms with E-state index in [9.17, 15) is 0 Å². The van der Waals surface area contributed by atoms with Crippen LogP contribution in [0.4, 0.5) is 5.95 Å². The van der Waals surface area contributed by atoms with Crippen molar-refractivity contribution in [3.05, 3.63) is 23.5 Å². The molecule has 0 spiro atoms. The minimum atomic E-state index is 0.532. The number of nitrogens with zero attached hydrogens (tertiary/aromatic N) is 4. The van der Waals surface area contributed by atoms with Gasteiger partial charge in [0.15, 0.2) is 0 Å². The summed E-state index contributed by atoms with van der Waals surface area (Å²) < 4.78 is 7.39. The van der Waals surface area contributed by atoms with Crippen molar-refractivity contribution in [1.29, 1.82) is 0 Å². The van der Waals surface area contributed by atoms with Crippen LogP contribution in [-0.2, 0) is 7.05 Å². The molecule has 0 fully saturated rings. The SMILES string of the molecule is CNc1ncc(C)c(Oc2cc(C)nn2C)n1. The quantitative estimate of drug-likeness (QED) is 0.873. The standard InChI is InChI=1S/C11H15N5O/c1-7-6-13-11(12-3)14-10(7)17-9-5-8(2)15-16(9)4/h5-6H,1-4H3,(H,12,13,14). The molecule has 0 amide bonds. The van der Waals surface area contributed by atoms with Crippen LogP contribution < -0.4 is 10.1 Å². The highest BCUT2D eigenvalue weighted by atomic mass is 16.5. The van der Waals surface area contributed by atoms with Crippen molar-refractivity contribution in [1.82, 2.24) is 19.7 Å². The maximum absolute atomic E-state index is 5.71. The Morgan fingerprint density at radius 2 is 2.12 bits per heavy atom. The average Bonchev–Trinajstić information content (AvgIpc) is 2.60. The maximum Gasteiger partial charge on any atom is 0.229 e. The van der Waals surface area contributed by atoms with E-state index < -0.39 is 0 Å². The van der Waals surface area contributed by atoms with Gasteiger partial charge in [0.2, 0.25) is 17.7 Å².